The van der Waals surface area contributed by atoms with Crippen molar-refractivity contribution in [2.75, 3.05) is 11.4 Å². The van der Waals surface area contributed by atoms with Crippen LogP contribution in [0.15, 0.2) is 23.1 Å². The summed E-state index contributed by atoms with van der Waals surface area (Å²) in [4.78, 5) is 19.6. The number of hydrogen-bond acceptors (Lipinski definition) is 4. The van der Waals surface area contributed by atoms with Gasteiger partial charge in [0.2, 0.25) is 0 Å². The van der Waals surface area contributed by atoms with Gasteiger partial charge in [-0.25, -0.2) is 14.9 Å². The molecule has 9 heteroatoms. The topological polar surface area (TPSA) is 77.7 Å². The summed E-state index contributed by atoms with van der Waals surface area (Å²) in [5.41, 5.74) is -0.675. The summed E-state index contributed by atoms with van der Waals surface area (Å²) in [5, 5.41) is 6.43. The Bertz CT molecular complexity index is 777. The third kappa shape index (κ3) is 2.67. The molecule has 128 valence electrons. The van der Waals surface area contributed by atoms with E-state index in [1.807, 2.05) is 4.90 Å². The van der Waals surface area contributed by atoms with Gasteiger partial charge in [-0.3, -0.25) is 4.98 Å². The van der Waals surface area contributed by atoms with Crippen molar-refractivity contribution < 1.29 is 13.2 Å². The summed E-state index contributed by atoms with van der Waals surface area (Å²) in [5.74, 6) is 1.46. The van der Waals surface area contributed by atoms with Crippen LogP contribution in [-0.2, 0) is 6.18 Å². The molecule has 2 aromatic heterocycles. The number of pyridine rings is 1. The fraction of sp³-hybridized carbons (Fsp3) is 0.533. The summed E-state index contributed by atoms with van der Waals surface area (Å²) in [6.07, 6.45) is 0.0118. The van der Waals surface area contributed by atoms with Crippen LogP contribution < -0.4 is 10.6 Å². The number of nitrogens with zero attached hydrogens (tertiary/aromatic N) is 3. The number of alkyl halides is 3. The van der Waals surface area contributed by atoms with Crippen molar-refractivity contribution in [1.29, 1.82) is 0 Å². The average Bonchev–Trinajstić information content (AvgIpc) is 3.14. The first-order valence-electron chi connectivity index (χ1n) is 7.88. The normalized spacial score (nSPS) is 24.5. The Labute approximate surface area is 135 Å². The fourth-order valence-corrected chi connectivity index (χ4v) is 3.62. The molecule has 2 aliphatic rings. The molecule has 6 nitrogen and oxygen atoms in total. The van der Waals surface area contributed by atoms with Gasteiger partial charge in [-0.05, 0) is 43.2 Å². The lowest BCUT2D eigenvalue weighted by molar-refractivity contribution is -0.141. The standard InChI is InChI=1S/C15H16F3N5O/c16-15(17,18)11-4-3-9(7-19-11)23-6-5-10(8-1-2-8)12(23)13-20-14(24)22-21-13/h3-4,7-8,10,12H,1-2,5-6H2,(H2,20,21,22,24). The highest BCUT2D eigenvalue weighted by Crippen LogP contribution is 2.50. The lowest BCUT2D eigenvalue weighted by Crippen LogP contribution is -2.27. The molecule has 0 amide bonds. The molecule has 24 heavy (non-hydrogen) atoms. The van der Waals surface area contributed by atoms with Crippen molar-refractivity contribution in [1.82, 2.24) is 20.2 Å². The molecule has 2 fully saturated rings. The van der Waals surface area contributed by atoms with Crippen LogP contribution >= 0.6 is 0 Å². The molecule has 1 aliphatic heterocycles. The largest absolute Gasteiger partial charge is 0.433 e. The Morgan fingerprint density at radius 1 is 1.21 bits per heavy atom. The number of aromatic amines is 2. The van der Waals surface area contributed by atoms with E-state index in [0.29, 0.717) is 29.9 Å². The van der Waals surface area contributed by atoms with E-state index in [-0.39, 0.29) is 11.7 Å². The van der Waals surface area contributed by atoms with Gasteiger partial charge in [0, 0.05) is 6.54 Å². The minimum Gasteiger partial charge on any atom is -0.360 e. The minimum atomic E-state index is -4.45. The molecule has 0 bridgehead atoms. The molecule has 0 aromatic carbocycles. The molecule has 1 aliphatic carbocycles. The van der Waals surface area contributed by atoms with E-state index in [0.717, 1.165) is 25.3 Å². The Kier molecular flexibility index (Phi) is 3.40. The van der Waals surface area contributed by atoms with Crippen LogP contribution in [0.2, 0.25) is 0 Å². The van der Waals surface area contributed by atoms with Crippen LogP contribution in [0.25, 0.3) is 0 Å². The molecular weight excluding hydrogens is 323 g/mol. The zero-order valence-corrected chi connectivity index (χ0v) is 12.7. The Balaban J connectivity index is 1.66. The van der Waals surface area contributed by atoms with E-state index in [4.69, 9.17) is 0 Å². The van der Waals surface area contributed by atoms with Crippen molar-refractivity contribution in [3.63, 3.8) is 0 Å². The predicted octanol–water partition coefficient (Wildman–Crippen LogP) is 2.49. The number of H-pyrrole nitrogens is 2. The van der Waals surface area contributed by atoms with E-state index < -0.39 is 11.9 Å². The number of nitrogens with one attached hydrogen (secondary N) is 2. The number of hydrogen-bond donors (Lipinski definition) is 2. The summed E-state index contributed by atoms with van der Waals surface area (Å²) in [7, 11) is 0. The van der Waals surface area contributed by atoms with Crippen LogP contribution in [0.3, 0.4) is 0 Å². The van der Waals surface area contributed by atoms with Gasteiger partial charge in [-0.2, -0.15) is 18.3 Å². The Hall–Kier alpha value is -2.32. The van der Waals surface area contributed by atoms with Gasteiger partial charge in [0.25, 0.3) is 0 Å². The summed E-state index contributed by atoms with van der Waals surface area (Å²) in [6.45, 7) is 0.702. The van der Waals surface area contributed by atoms with E-state index in [2.05, 4.69) is 20.2 Å². The average molecular weight is 339 g/mol. The van der Waals surface area contributed by atoms with Crippen LogP contribution in [0.4, 0.5) is 18.9 Å². The molecule has 1 saturated heterocycles. The molecule has 2 atom stereocenters. The highest BCUT2D eigenvalue weighted by atomic mass is 19.4. The van der Waals surface area contributed by atoms with E-state index in [1.165, 1.54) is 12.3 Å². The third-order valence-electron chi connectivity index (χ3n) is 4.84. The minimum absolute atomic E-state index is 0.144. The predicted molar refractivity (Wildman–Crippen MR) is 79.4 cm³/mol. The van der Waals surface area contributed by atoms with Gasteiger partial charge < -0.3 is 4.90 Å². The molecule has 2 aromatic rings. The van der Waals surface area contributed by atoms with Gasteiger partial charge in [-0.1, -0.05) is 0 Å². The highest BCUT2D eigenvalue weighted by molar-refractivity contribution is 5.48. The van der Waals surface area contributed by atoms with Gasteiger partial charge in [-0.15, -0.1) is 0 Å². The lowest BCUT2D eigenvalue weighted by Gasteiger charge is -2.28. The second-order valence-electron chi connectivity index (χ2n) is 6.39. The first kappa shape index (κ1) is 15.2. The molecule has 0 spiro atoms. The Morgan fingerprint density at radius 3 is 2.54 bits per heavy atom. The van der Waals surface area contributed by atoms with Crippen LogP contribution in [0.1, 0.15) is 36.8 Å². The summed E-state index contributed by atoms with van der Waals surface area (Å²) >= 11 is 0. The van der Waals surface area contributed by atoms with Crippen LogP contribution in [0.5, 0.6) is 0 Å². The molecule has 3 heterocycles. The second kappa shape index (κ2) is 5.35. The molecule has 4 rings (SSSR count). The monoisotopic (exact) mass is 339 g/mol. The van der Waals surface area contributed by atoms with Crippen LogP contribution in [-0.4, -0.2) is 26.7 Å². The number of rotatable bonds is 3. The van der Waals surface area contributed by atoms with E-state index >= 15 is 0 Å². The fourth-order valence-electron chi connectivity index (χ4n) is 3.62. The molecule has 0 radical (unpaired) electrons. The summed E-state index contributed by atoms with van der Waals surface area (Å²) in [6, 6.07) is 2.28. The first-order valence-corrected chi connectivity index (χ1v) is 7.88. The van der Waals surface area contributed by atoms with Crippen molar-refractivity contribution in [3.05, 3.63) is 40.3 Å². The van der Waals surface area contributed by atoms with Crippen molar-refractivity contribution in [3.8, 4) is 0 Å². The quantitative estimate of drug-likeness (QED) is 0.901. The lowest BCUT2D eigenvalue weighted by atomic mass is 9.94. The van der Waals surface area contributed by atoms with E-state index in [9.17, 15) is 18.0 Å². The molecular formula is C15H16F3N5O. The number of aromatic nitrogens is 4. The number of halogens is 3. The van der Waals surface area contributed by atoms with Crippen molar-refractivity contribution in [2.45, 2.75) is 31.5 Å². The first-order chi connectivity index (χ1) is 11.4. The SMILES string of the molecule is O=c1[nH]nc(C2C(C3CC3)CCN2c2ccc(C(F)(F)F)nc2)[nH]1. The van der Waals surface area contributed by atoms with Gasteiger partial charge in [0.05, 0.1) is 17.9 Å². The second-order valence-corrected chi connectivity index (χ2v) is 6.39. The van der Waals surface area contributed by atoms with Crippen molar-refractivity contribution >= 4 is 5.69 Å². The van der Waals surface area contributed by atoms with Gasteiger partial charge in [0.15, 0.2) is 5.82 Å². The molecule has 2 unspecified atom stereocenters. The zero-order valence-electron chi connectivity index (χ0n) is 12.7. The highest BCUT2D eigenvalue weighted by Gasteiger charge is 2.45. The van der Waals surface area contributed by atoms with Crippen LogP contribution in [0, 0.1) is 11.8 Å². The maximum atomic E-state index is 12.7. The zero-order chi connectivity index (χ0) is 16.9. The number of anilines is 1. The summed E-state index contributed by atoms with van der Waals surface area (Å²) < 4.78 is 38.1. The maximum absolute atomic E-state index is 12.7. The third-order valence-corrected chi connectivity index (χ3v) is 4.84. The Morgan fingerprint density at radius 2 is 2.00 bits per heavy atom. The smallest absolute Gasteiger partial charge is 0.360 e. The van der Waals surface area contributed by atoms with Crippen molar-refractivity contribution in [2.24, 2.45) is 11.8 Å². The molecule has 1 saturated carbocycles. The maximum Gasteiger partial charge on any atom is 0.433 e. The van der Waals surface area contributed by atoms with Gasteiger partial charge >= 0.3 is 11.9 Å². The van der Waals surface area contributed by atoms with E-state index in [1.54, 1.807) is 0 Å². The van der Waals surface area contributed by atoms with Gasteiger partial charge in [0.1, 0.15) is 5.69 Å². The molecule has 2 N–H and O–H groups in total.